The van der Waals surface area contributed by atoms with E-state index in [-0.39, 0.29) is 17.3 Å². The topological polar surface area (TPSA) is 46.3 Å². The van der Waals surface area contributed by atoms with Gasteiger partial charge in [0.2, 0.25) is 5.91 Å². The summed E-state index contributed by atoms with van der Waals surface area (Å²) in [6, 6.07) is -0.260. The molecule has 0 radical (unpaired) electrons. The Bertz CT molecular complexity index is 239. The first-order valence-corrected chi connectivity index (χ1v) is 4.61. The minimum atomic E-state index is -0.260. The maximum absolute atomic E-state index is 11.1. The zero-order valence-corrected chi connectivity index (χ0v) is 7.10. The van der Waals surface area contributed by atoms with Crippen molar-refractivity contribution in [2.75, 3.05) is 5.75 Å². The summed E-state index contributed by atoms with van der Waals surface area (Å²) in [5.41, 5.74) is 6.82. The molecule has 4 heteroatoms. The quantitative estimate of drug-likeness (QED) is 0.526. The molecule has 1 amide bonds. The highest BCUT2D eigenvalue weighted by molar-refractivity contribution is 8.00. The van der Waals surface area contributed by atoms with E-state index in [2.05, 4.69) is 0 Å². The van der Waals surface area contributed by atoms with Gasteiger partial charge in [-0.1, -0.05) is 0 Å². The Kier molecular flexibility index (Phi) is 1.47. The first-order chi connectivity index (χ1) is 5.20. The molecule has 2 heterocycles. The highest BCUT2D eigenvalue weighted by atomic mass is 32.2. The number of hydrogen-bond donors (Lipinski definition) is 1. The van der Waals surface area contributed by atoms with Crippen LogP contribution in [0.3, 0.4) is 0 Å². The molecule has 2 rings (SSSR count). The van der Waals surface area contributed by atoms with Crippen LogP contribution in [-0.2, 0) is 4.79 Å². The summed E-state index contributed by atoms with van der Waals surface area (Å²) < 4.78 is 0. The van der Waals surface area contributed by atoms with Crippen LogP contribution >= 0.6 is 11.8 Å². The molecule has 1 fully saturated rings. The standard InChI is InChI=1S/C7H10N2OS/c1-4-2-9-6(10)5(8)7(9)11-3-4/h2,5,7H,3,8H2,1H3/t5-,7-/m1/s1. The largest absolute Gasteiger partial charge is 0.317 e. The minimum absolute atomic E-state index is 0.0570. The van der Waals surface area contributed by atoms with Crippen LogP contribution in [0.15, 0.2) is 11.8 Å². The lowest BCUT2D eigenvalue weighted by molar-refractivity contribution is -0.140. The van der Waals surface area contributed by atoms with Crippen LogP contribution < -0.4 is 5.73 Å². The van der Waals surface area contributed by atoms with Crippen LogP contribution in [0.25, 0.3) is 0 Å². The Labute approximate surface area is 69.6 Å². The van der Waals surface area contributed by atoms with Crippen molar-refractivity contribution in [3.63, 3.8) is 0 Å². The number of carbonyl (C=O) groups excluding carboxylic acids is 1. The smallest absolute Gasteiger partial charge is 0.247 e. The Balaban J connectivity index is 2.20. The van der Waals surface area contributed by atoms with E-state index in [0.717, 1.165) is 5.75 Å². The van der Waals surface area contributed by atoms with E-state index in [1.807, 2.05) is 13.1 Å². The summed E-state index contributed by atoms with van der Waals surface area (Å²) >= 11 is 1.74. The monoisotopic (exact) mass is 170 g/mol. The molecule has 1 saturated heterocycles. The molecule has 2 aliphatic rings. The molecule has 2 atom stereocenters. The number of fused-ring (bicyclic) bond motifs is 1. The number of carbonyl (C=O) groups is 1. The maximum Gasteiger partial charge on any atom is 0.247 e. The number of nitrogens with zero attached hydrogens (tertiary/aromatic N) is 1. The van der Waals surface area contributed by atoms with Gasteiger partial charge in [-0.25, -0.2) is 0 Å². The van der Waals surface area contributed by atoms with E-state index in [1.54, 1.807) is 16.7 Å². The van der Waals surface area contributed by atoms with Gasteiger partial charge >= 0.3 is 0 Å². The molecule has 11 heavy (non-hydrogen) atoms. The van der Waals surface area contributed by atoms with Crippen LogP contribution in [-0.4, -0.2) is 28.0 Å². The number of β-lactam (4-membered cyclic amide) rings is 1. The number of amides is 1. The molecular weight excluding hydrogens is 160 g/mol. The van der Waals surface area contributed by atoms with E-state index in [1.165, 1.54) is 5.57 Å². The summed E-state index contributed by atoms with van der Waals surface area (Å²) in [5.74, 6) is 1.06. The van der Waals surface area contributed by atoms with Crippen molar-refractivity contribution in [3.8, 4) is 0 Å². The molecule has 60 valence electrons. The molecule has 0 spiro atoms. The van der Waals surface area contributed by atoms with Gasteiger partial charge < -0.3 is 10.6 Å². The molecular formula is C7H10N2OS. The van der Waals surface area contributed by atoms with Gasteiger partial charge in [0.05, 0.1) is 0 Å². The highest BCUT2D eigenvalue weighted by Crippen LogP contribution is 2.34. The van der Waals surface area contributed by atoms with Crippen molar-refractivity contribution in [2.24, 2.45) is 5.73 Å². The van der Waals surface area contributed by atoms with Gasteiger partial charge in [-0.15, -0.1) is 11.8 Å². The van der Waals surface area contributed by atoms with Crippen molar-refractivity contribution in [1.82, 2.24) is 4.90 Å². The first-order valence-electron chi connectivity index (χ1n) is 3.57. The fourth-order valence-corrected chi connectivity index (χ4v) is 2.48. The van der Waals surface area contributed by atoms with Crippen LogP contribution in [0.2, 0.25) is 0 Å². The third-order valence-corrected chi connectivity index (χ3v) is 3.45. The minimum Gasteiger partial charge on any atom is -0.317 e. The average Bonchev–Trinajstić information content (AvgIpc) is 2.03. The van der Waals surface area contributed by atoms with E-state index in [0.29, 0.717) is 0 Å². The van der Waals surface area contributed by atoms with Crippen molar-refractivity contribution >= 4 is 17.7 Å². The van der Waals surface area contributed by atoms with Crippen LogP contribution in [0.1, 0.15) is 6.92 Å². The van der Waals surface area contributed by atoms with Crippen molar-refractivity contribution in [2.45, 2.75) is 18.3 Å². The fraction of sp³-hybridized carbons (Fsp3) is 0.571. The Hall–Kier alpha value is -0.480. The first kappa shape index (κ1) is 7.18. The number of nitrogens with two attached hydrogens (primary N) is 1. The molecule has 0 aromatic heterocycles. The second-order valence-electron chi connectivity index (χ2n) is 2.95. The number of thioether (sulfide) groups is 1. The Morgan fingerprint density at radius 2 is 2.55 bits per heavy atom. The summed E-state index contributed by atoms with van der Waals surface area (Å²) in [4.78, 5) is 12.8. The molecule has 3 nitrogen and oxygen atoms in total. The third kappa shape index (κ3) is 0.895. The predicted molar refractivity (Wildman–Crippen MR) is 44.8 cm³/mol. The van der Waals surface area contributed by atoms with Gasteiger partial charge in [0.1, 0.15) is 11.4 Å². The third-order valence-electron chi connectivity index (χ3n) is 1.96. The van der Waals surface area contributed by atoms with Gasteiger partial charge in [0.15, 0.2) is 0 Å². The van der Waals surface area contributed by atoms with Crippen molar-refractivity contribution < 1.29 is 4.79 Å². The molecule has 0 aliphatic carbocycles. The molecule has 0 unspecified atom stereocenters. The van der Waals surface area contributed by atoms with Crippen LogP contribution in [0.5, 0.6) is 0 Å². The molecule has 0 saturated carbocycles. The normalized spacial score (nSPS) is 36.0. The lowest BCUT2D eigenvalue weighted by Gasteiger charge is -2.45. The zero-order chi connectivity index (χ0) is 8.01. The summed E-state index contributed by atoms with van der Waals surface area (Å²) in [6.07, 6.45) is 1.91. The highest BCUT2D eigenvalue weighted by Gasteiger charge is 2.45. The molecule has 2 aliphatic heterocycles. The van der Waals surface area contributed by atoms with Crippen LogP contribution in [0, 0.1) is 0 Å². The summed E-state index contributed by atoms with van der Waals surface area (Å²) in [7, 11) is 0. The van der Waals surface area contributed by atoms with E-state index < -0.39 is 0 Å². The van der Waals surface area contributed by atoms with Gasteiger partial charge in [0.25, 0.3) is 0 Å². The van der Waals surface area contributed by atoms with Crippen molar-refractivity contribution in [1.29, 1.82) is 0 Å². The van der Waals surface area contributed by atoms with Gasteiger partial charge in [0, 0.05) is 12.0 Å². The average molecular weight is 170 g/mol. The zero-order valence-electron chi connectivity index (χ0n) is 6.28. The Morgan fingerprint density at radius 1 is 1.82 bits per heavy atom. The second-order valence-corrected chi connectivity index (χ2v) is 4.05. The maximum atomic E-state index is 11.1. The SMILES string of the molecule is CC1=CN2C(=O)[C@@H](N)[C@H]2SC1. The summed E-state index contributed by atoms with van der Waals surface area (Å²) in [6.45, 7) is 2.03. The van der Waals surface area contributed by atoms with Gasteiger partial charge in [-0.2, -0.15) is 0 Å². The number of rotatable bonds is 0. The van der Waals surface area contributed by atoms with Crippen LogP contribution in [0.4, 0.5) is 0 Å². The molecule has 0 bridgehead atoms. The number of hydrogen-bond acceptors (Lipinski definition) is 3. The molecule has 2 N–H and O–H groups in total. The van der Waals surface area contributed by atoms with Gasteiger partial charge in [-0.3, -0.25) is 4.79 Å². The Morgan fingerprint density at radius 3 is 3.27 bits per heavy atom. The predicted octanol–water partition coefficient (Wildman–Crippen LogP) is 0.133. The van der Waals surface area contributed by atoms with Gasteiger partial charge in [-0.05, 0) is 12.5 Å². The van der Waals surface area contributed by atoms with Crippen molar-refractivity contribution in [3.05, 3.63) is 11.8 Å². The fourth-order valence-electron chi connectivity index (χ4n) is 1.32. The molecule has 0 aromatic carbocycles. The van der Waals surface area contributed by atoms with E-state index in [4.69, 9.17) is 5.73 Å². The second kappa shape index (κ2) is 2.25. The van der Waals surface area contributed by atoms with E-state index in [9.17, 15) is 4.79 Å². The molecule has 0 aromatic rings. The lowest BCUT2D eigenvalue weighted by Crippen LogP contribution is -2.65. The lowest BCUT2D eigenvalue weighted by atomic mass is 10.1. The summed E-state index contributed by atoms with van der Waals surface area (Å²) in [5, 5.41) is 0.214. The van der Waals surface area contributed by atoms with E-state index >= 15 is 0 Å².